The summed E-state index contributed by atoms with van der Waals surface area (Å²) in [7, 11) is 1.60. The molecule has 2 aromatic rings. The lowest BCUT2D eigenvalue weighted by Gasteiger charge is -2.19. The quantitative estimate of drug-likeness (QED) is 0.407. The molecule has 1 amide bonds. The molecule has 7 heteroatoms. The predicted molar refractivity (Wildman–Crippen MR) is 107 cm³/mol. The lowest BCUT2D eigenvalue weighted by Crippen LogP contribution is -2.31. The molecule has 0 saturated carbocycles. The lowest BCUT2D eigenvalue weighted by atomic mass is 10.0. The molecule has 0 radical (unpaired) electrons. The first-order chi connectivity index (χ1) is 14.1. The van der Waals surface area contributed by atoms with Gasteiger partial charge in [0.15, 0.2) is 6.61 Å². The molecule has 0 saturated heterocycles. The SMILES string of the molecule is C/C=C/C=C/C(=O)OCC(=O)N1N=C(c2ccc(OC)cc2)C[C@H]1c1ccco1. The second-order valence-corrected chi connectivity index (χ2v) is 6.24. The van der Waals surface area contributed by atoms with Gasteiger partial charge >= 0.3 is 5.97 Å². The van der Waals surface area contributed by atoms with Gasteiger partial charge in [-0.3, -0.25) is 4.79 Å². The molecule has 7 nitrogen and oxygen atoms in total. The highest BCUT2D eigenvalue weighted by molar-refractivity contribution is 6.03. The number of hydrazone groups is 1. The smallest absolute Gasteiger partial charge is 0.331 e. The Kier molecular flexibility index (Phi) is 6.63. The number of hydrogen-bond donors (Lipinski definition) is 0. The maximum absolute atomic E-state index is 12.7. The number of carbonyl (C=O) groups excluding carboxylic acids is 2. The first kappa shape index (κ1) is 20.1. The fraction of sp³-hybridized carbons (Fsp3) is 0.227. The van der Waals surface area contributed by atoms with Gasteiger partial charge < -0.3 is 13.9 Å². The maximum Gasteiger partial charge on any atom is 0.331 e. The van der Waals surface area contributed by atoms with Crippen LogP contribution in [0.2, 0.25) is 0 Å². The van der Waals surface area contributed by atoms with Crippen LogP contribution >= 0.6 is 0 Å². The van der Waals surface area contributed by atoms with Crippen molar-refractivity contribution in [3.05, 3.63) is 78.3 Å². The number of amides is 1. The van der Waals surface area contributed by atoms with E-state index in [9.17, 15) is 9.59 Å². The van der Waals surface area contributed by atoms with Crippen molar-refractivity contribution < 1.29 is 23.5 Å². The number of allylic oxidation sites excluding steroid dienone is 3. The van der Waals surface area contributed by atoms with E-state index in [0.29, 0.717) is 12.2 Å². The van der Waals surface area contributed by atoms with Crippen LogP contribution in [0.1, 0.15) is 30.7 Å². The molecule has 0 fully saturated rings. The fourth-order valence-electron chi connectivity index (χ4n) is 2.89. The minimum Gasteiger partial charge on any atom is -0.497 e. The van der Waals surface area contributed by atoms with E-state index in [1.807, 2.05) is 31.2 Å². The largest absolute Gasteiger partial charge is 0.497 e. The van der Waals surface area contributed by atoms with Crippen LogP contribution in [0.3, 0.4) is 0 Å². The monoisotopic (exact) mass is 394 g/mol. The van der Waals surface area contributed by atoms with E-state index in [1.165, 1.54) is 11.1 Å². The summed E-state index contributed by atoms with van der Waals surface area (Å²) < 4.78 is 15.7. The van der Waals surface area contributed by atoms with Crippen LogP contribution in [-0.2, 0) is 14.3 Å². The Balaban J connectivity index is 1.75. The van der Waals surface area contributed by atoms with Crippen molar-refractivity contribution in [2.75, 3.05) is 13.7 Å². The zero-order valence-electron chi connectivity index (χ0n) is 16.3. The molecule has 0 bridgehead atoms. The number of nitrogens with zero attached hydrogens (tertiary/aromatic N) is 2. The third-order valence-corrected chi connectivity index (χ3v) is 4.33. The van der Waals surface area contributed by atoms with E-state index in [1.54, 1.807) is 43.7 Å². The van der Waals surface area contributed by atoms with Crippen molar-refractivity contribution in [1.29, 1.82) is 0 Å². The molecule has 150 valence electrons. The summed E-state index contributed by atoms with van der Waals surface area (Å²) >= 11 is 0. The number of hydrogen-bond acceptors (Lipinski definition) is 6. The highest BCUT2D eigenvalue weighted by atomic mass is 16.5. The Labute approximate surface area is 168 Å². The molecule has 1 aromatic carbocycles. The van der Waals surface area contributed by atoms with Gasteiger partial charge in [0.1, 0.15) is 17.6 Å². The molecule has 0 unspecified atom stereocenters. The minimum atomic E-state index is -0.593. The Morgan fingerprint density at radius 3 is 2.69 bits per heavy atom. The highest BCUT2D eigenvalue weighted by Crippen LogP contribution is 2.33. The summed E-state index contributed by atoms with van der Waals surface area (Å²) in [5.41, 5.74) is 1.62. The van der Waals surface area contributed by atoms with Gasteiger partial charge in [-0.25, -0.2) is 9.80 Å². The van der Waals surface area contributed by atoms with Crippen molar-refractivity contribution in [2.45, 2.75) is 19.4 Å². The van der Waals surface area contributed by atoms with Crippen molar-refractivity contribution in [1.82, 2.24) is 5.01 Å². The Morgan fingerprint density at radius 2 is 2.03 bits per heavy atom. The topological polar surface area (TPSA) is 81.3 Å². The van der Waals surface area contributed by atoms with Gasteiger partial charge in [0, 0.05) is 12.5 Å². The van der Waals surface area contributed by atoms with E-state index in [2.05, 4.69) is 5.10 Å². The number of furan rings is 1. The van der Waals surface area contributed by atoms with E-state index < -0.39 is 24.5 Å². The van der Waals surface area contributed by atoms with Gasteiger partial charge in [0.2, 0.25) is 0 Å². The Morgan fingerprint density at radius 1 is 1.24 bits per heavy atom. The molecular weight excluding hydrogens is 372 g/mol. The summed E-state index contributed by atoms with van der Waals surface area (Å²) in [5, 5.41) is 5.80. The predicted octanol–water partition coefficient (Wildman–Crippen LogP) is 3.64. The highest BCUT2D eigenvalue weighted by Gasteiger charge is 2.35. The van der Waals surface area contributed by atoms with Crippen LogP contribution in [0, 0.1) is 0 Å². The van der Waals surface area contributed by atoms with Gasteiger partial charge in [-0.05, 0) is 48.9 Å². The maximum atomic E-state index is 12.7. The molecular formula is C22H22N2O5. The van der Waals surface area contributed by atoms with Crippen LogP contribution < -0.4 is 4.74 Å². The van der Waals surface area contributed by atoms with Crippen LogP contribution in [0.25, 0.3) is 0 Å². The van der Waals surface area contributed by atoms with E-state index >= 15 is 0 Å². The lowest BCUT2D eigenvalue weighted by molar-refractivity contribution is -0.149. The third kappa shape index (κ3) is 5.01. The summed E-state index contributed by atoms with van der Waals surface area (Å²) in [5.74, 6) is 0.331. The zero-order chi connectivity index (χ0) is 20.6. The number of rotatable bonds is 7. The van der Waals surface area contributed by atoms with Crippen molar-refractivity contribution in [2.24, 2.45) is 5.10 Å². The van der Waals surface area contributed by atoms with E-state index in [-0.39, 0.29) is 0 Å². The van der Waals surface area contributed by atoms with Crippen molar-refractivity contribution >= 4 is 17.6 Å². The molecule has 1 aliphatic rings. The third-order valence-electron chi connectivity index (χ3n) is 4.33. The van der Waals surface area contributed by atoms with Gasteiger partial charge in [0.05, 0.1) is 19.1 Å². The average Bonchev–Trinajstić information content (AvgIpc) is 3.42. The molecule has 1 aromatic heterocycles. The molecule has 0 N–H and O–H groups in total. The average molecular weight is 394 g/mol. The normalized spacial score (nSPS) is 16.4. The van der Waals surface area contributed by atoms with E-state index in [4.69, 9.17) is 13.9 Å². The van der Waals surface area contributed by atoms with Crippen LogP contribution in [0.15, 0.2) is 76.5 Å². The molecule has 2 heterocycles. The summed E-state index contributed by atoms with van der Waals surface area (Å²) in [6, 6.07) is 10.6. The van der Waals surface area contributed by atoms with Crippen molar-refractivity contribution in [3.8, 4) is 5.75 Å². The fourth-order valence-corrected chi connectivity index (χ4v) is 2.89. The number of carbonyl (C=O) groups is 2. The Hall–Kier alpha value is -3.61. The van der Waals surface area contributed by atoms with Crippen molar-refractivity contribution in [3.63, 3.8) is 0 Å². The number of benzene rings is 1. The first-order valence-corrected chi connectivity index (χ1v) is 9.16. The van der Waals surface area contributed by atoms with Gasteiger partial charge in [0.25, 0.3) is 5.91 Å². The number of ether oxygens (including phenoxy) is 2. The molecule has 3 rings (SSSR count). The minimum absolute atomic E-state index is 0.396. The van der Waals surface area contributed by atoms with Gasteiger partial charge in [-0.15, -0.1) is 0 Å². The standard InChI is InChI=1S/C22H22N2O5/c1-3-4-5-8-22(26)29-15-21(25)24-19(20-7-6-13-28-20)14-18(23-24)16-9-11-17(27-2)12-10-16/h3-13,19H,14-15H2,1-2H3/b4-3+,8-5+/t19-/m0/s1. The summed E-state index contributed by atoms with van der Waals surface area (Å²) in [6.07, 6.45) is 8.32. The zero-order valence-corrected chi connectivity index (χ0v) is 16.3. The summed E-state index contributed by atoms with van der Waals surface area (Å²) in [4.78, 5) is 24.4. The molecule has 0 aliphatic carbocycles. The van der Waals surface area contributed by atoms with Gasteiger partial charge in [-0.1, -0.05) is 18.2 Å². The number of methoxy groups -OCH3 is 1. The second-order valence-electron chi connectivity index (χ2n) is 6.24. The Bertz CT molecular complexity index is 927. The van der Waals surface area contributed by atoms with Crippen LogP contribution in [-0.4, -0.2) is 36.3 Å². The first-order valence-electron chi connectivity index (χ1n) is 9.16. The van der Waals surface area contributed by atoms with Crippen LogP contribution in [0.5, 0.6) is 5.75 Å². The molecule has 0 spiro atoms. The molecule has 1 atom stereocenters. The molecule has 1 aliphatic heterocycles. The van der Waals surface area contributed by atoms with E-state index in [0.717, 1.165) is 17.0 Å². The number of esters is 1. The summed E-state index contributed by atoms with van der Waals surface area (Å²) in [6.45, 7) is 1.43. The second kappa shape index (κ2) is 9.54. The molecule has 29 heavy (non-hydrogen) atoms. The van der Waals surface area contributed by atoms with Crippen LogP contribution in [0.4, 0.5) is 0 Å². The van der Waals surface area contributed by atoms with Gasteiger partial charge in [-0.2, -0.15) is 5.10 Å².